The highest BCUT2D eigenvalue weighted by atomic mass is 16.4. The molecule has 1 fully saturated rings. The summed E-state index contributed by atoms with van der Waals surface area (Å²) >= 11 is 0. The van der Waals surface area contributed by atoms with Crippen LogP contribution in [0.25, 0.3) is 0 Å². The third-order valence-electron chi connectivity index (χ3n) is 2.47. The molecule has 0 aromatic heterocycles. The Morgan fingerprint density at radius 2 is 2.00 bits per heavy atom. The standard InChI is InChI=1S/C9H16N2O3/c1-10(2)8(12)7-5-3-4-6-11(7)9(13)14/h7H,3-6H2,1-2H3,(H,13,14). The number of carbonyl (C=O) groups is 2. The van der Waals surface area contributed by atoms with Gasteiger partial charge in [-0.3, -0.25) is 9.69 Å². The fourth-order valence-corrected chi connectivity index (χ4v) is 1.72. The molecule has 0 spiro atoms. The molecule has 5 nitrogen and oxygen atoms in total. The summed E-state index contributed by atoms with van der Waals surface area (Å²) in [5.41, 5.74) is 0. The highest BCUT2D eigenvalue weighted by Gasteiger charge is 2.32. The van der Waals surface area contributed by atoms with Crippen molar-refractivity contribution in [2.75, 3.05) is 20.6 Å². The van der Waals surface area contributed by atoms with E-state index in [0.717, 1.165) is 12.8 Å². The Morgan fingerprint density at radius 1 is 1.36 bits per heavy atom. The van der Waals surface area contributed by atoms with Crippen LogP contribution in [0, 0.1) is 0 Å². The van der Waals surface area contributed by atoms with Gasteiger partial charge >= 0.3 is 6.09 Å². The molecule has 1 aliphatic rings. The summed E-state index contributed by atoms with van der Waals surface area (Å²) in [6.45, 7) is 0.472. The lowest BCUT2D eigenvalue weighted by Crippen LogP contribution is -2.51. The number of hydrogen-bond acceptors (Lipinski definition) is 2. The zero-order valence-electron chi connectivity index (χ0n) is 8.56. The second-order valence-corrected chi connectivity index (χ2v) is 3.72. The van der Waals surface area contributed by atoms with Crippen molar-refractivity contribution in [2.45, 2.75) is 25.3 Å². The van der Waals surface area contributed by atoms with E-state index >= 15 is 0 Å². The minimum atomic E-state index is -0.995. The summed E-state index contributed by atoms with van der Waals surface area (Å²) in [7, 11) is 3.30. The third-order valence-corrected chi connectivity index (χ3v) is 2.47. The Bertz CT molecular complexity index is 240. The molecule has 5 heteroatoms. The van der Waals surface area contributed by atoms with Gasteiger partial charge in [-0.15, -0.1) is 0 Å². The second kappa shape index (κ2) is 4.30. The van der Waals surface area contributed by atoms with Crippen molar-refractivity contribution in [3.05, 3.63) is 0 Å². The average molecular weight is 200 g/mol. The van der Waals surface area contributed by atoms with Crippen LogP contribution in [0.2, 0.25) is 0 Å². The first-order chi connectivity index (χ1) is 6.54. The topological polar surface area (TPSA) is 60.9 Å². The van der Waals surface area contributed by atoms with Crippen molar-refractivity contribution < 1.29 is 14.7 Å². The Kier molecular flexibility index (Phi) is 3.33. The number of piperidine rings is 1. The van der Waals surface area contributed by atoms with Gasteiger partial charge in [-0.05, 0) is 19.3 Å². The van der Waals surface area contributed by atoms with E-state index in [4.69, 9.17) is 5.11 Å². The van der Waals surface area contributed by atoms with Gasteiger partial charge in [0.2, 0.25) is 5.91 Å². The number of hydrogen-bond donors (Lipinski definition) is 1. The van der Waals surface area contributed by atoms with E-state index in [1.165, 1.54) is 9.80 Å². The van der Waals surface area contributed by atoms with E-state index in [2.05, 4.69) is 0 Å². The first-order valence-electron chi connectivity index (χ1n) is 4.74. The van der Waals surface area contributed by atoms with Crippen molar-refractivity contribution in [1.29, 1.82) is 0 Å². The number of carboxylic acid groups (broad SMARTS) is 1. The van der Waals surface area contributed by atoms with E-state index in [-0.39, 0.29) is 5.91 Å². The molecule has 2 amide bonds. The van der Waals surface area contributed by atoms with E-state index < -0.39 is 12.1 Å². The predicted octanol–water partition coefficient (Wildman–Crippen LogP) is 0.607. The van der Waals surface area contributed by atoms with Gasteiger partial charge in [0, 0.05) is 20.6 Å². The van der Waals surface area contributed by atoms with Gasteiger partial charge in [0.05, 0.1) is 0 Å². The summed E-state index contributed by atoms with van der Waals surface area (Å²) in [5, 5.41) is 8.89. The van der Waals surface area contributed by atoms with Crippen molar-refractivity contribution in [3.63, 3.8) is 0 Å². The summed E-state index contributed by atoms with van der Waals surface area (Å²) in [6.07, 6.45) is 1.42. The van der Waals surface area contributed by atoms with Gasteiger partial charge in [0.1, 0.15) is 6.04 Å². The smallest absolute Gasteiger partial charge is 0.407 e. The molecule has 14 heavy (non-hydrogen) atoms. The molecule has 1 heterocycles. The Morgan fingerprint density at radius 3 is 2.50 bits per heavy atom. The van der Waals surface area contributed by atoms with Crippen molar-refractivity contribution in [1.82, 2.24) is 9.80 Å². The zero-order chi connectivity index (χ0) is 10.7. The Balaban J connectivity index is 2.72. The average Bonchev–Trinajstić information content (AvgIpc) is 2.16. The van der Waals surface area contributed by atoms with Crippen LogP contribution in [0.15, 0.2) is 0 Å². The summed E-state index contributed by atoms with van der Waals surface area (Å²) in [6, 6.07) is -0.476. The van der Waals surface area contributed by atoms with Crippen LogP contribution in [0.4, 0.5) is 4.79 Å². The first kappa shape index (κ1) is 10.8. The summed E-state index contributed by atoms with van der Waals surface area (Å²) < 4.78 is 0. The molecule has 0 aromatic rings. The number of nitrogens with zero attached hydrogens (tertiary/aromatic N) is 2. The van der Waals surface area contributed by atoms with E-state index in [9.17, 15) is 9.59 Å². The van der Waals surface area contributed by atoms with Crippen LogP contribution in [0.3, 0.4) is 0 Å². The van der Waals surface area contributed by atoms with Gasteiger partial charge in [0.15, 0.2) is 0 Å². The van der Waals surface area contributed by atoms with Crippen molar-refractivity contribution >= 4 is 12.0 Å². The molecular weight excluding hydrogens is 184 g/mol. The zero-order valence-corrected chi connectivity index (χ0v) is 8.56. The maximum Gasteiger partial charge on any atom is 0.407 e. The number of likely N-dealkylation sites (tertiary alicyclic amines) is 1. The minimum absolute atomic E-state index is 0.118. The molecule has 80 valence electrons. The van der Waals surface area contributed by atoms with Gasteiger partial charge in [-0.1, -0.05) is 0 Å². The van der Waals surface area contributed by atoms with E-state index in [1.54, 1.807) is 14.1 Å². The largest absolute Gasteiger partial charge is 0.465 e. The lowest BCUT2D eigenvalue weighted by molar-refractivity contribution is -0.134. The van der Waals surface area contributed by atoms with E-state index in [0.29, 0.717) is 13.0 Å². The normalized spacial score (nSPS) is 21.9. The fourth-order valence-electron chi connectivity index (χ4n) is 1.72. The molecular formula is C9H16N2O3. The second-order valence-electron chi connectivity index (χ2n) is 3.72. The quantitative estimate of drug-likeness (QED) is 0.674. The monoisotopic (exact) mass is 200 g/mol. The maximum atomic E-state index is 11.6. The van der Waals surface area contributed by atoms with Gasteiger partial charge in [-0.2, -0.15) is 0 Å². The molecule has 1 unspecified atom stereocenters. The molecule has 1 atom stereocenters. The Labute approximate surface area is 83.3 Å². The van der Waals surface area contributed by atoms with Crippen LogP contribution >= 0.6 is 0 Å². The predicted molar refractivity (Wildman–Crippen MR) is 51.1 cm³/mol. The number of likely N-dealkylation sites (N-methyl/N-ethyl adjacent to an activating group) is 1. The van der Waals surface area contributed by atoms with Gasteiger partial charge in [0.25, 0.3) is 0 Å². The molecule has 0 saturated carbocycles. The molecule has 0 radical (unpaired) electrons. The summed E-state index contributed by atoms with van der Waals surface area (Å²) in [5.74, 6) is -0.118. The van der Waals surface area contributed by atoms with Gasteiger partial charge in [-0.25, -0.2) is 4.79 Å². The maximum absolute atomic E-state index is 11.6. The van der Waals surface area contributed by atoms with Gasteiger partial charge < -0.3 is 10.0 Å². The molecule has 1 aliphatic heterocycles. The van der Waals surface area contributed by atoms with Crippen molar-refractivity contribution in [3.8, 4) is 0 Å². The lowest BCUT2D eigenvalue weighted by Gasteiger charge is -2.33. The van der Waals surface area contributed by atoms with Crippen LogP contribution in [-0.4, -0.2) is 53.6 Å². The fraction of sp³-hybridized carbons (Fsp3) is 0.778. The van der Waals surface area contributed by atoms with Crippen LogP contribution in [-0.2, 0) is 4.79 Å². The molecule has 1 rings (SSSR count). The highest BCUT2D eigenvalue weighted by molar-refractivity contribution is 5.85. The molecule has 1 saturated heterocycles. The van der Waals surface area contributed by atoms with Crippen molar-refractivity contribution in [2.24, 2.45) is 0 Å². The number of amides is 2. The number of rotatable bonds is 1. The molecule has 0 aromatic carbocycles. The summed E-state index contributed by atoms with van der Waals surface area (Å²) in [4.78, 5) is 25.2. The minimum Gasteiger partial charge on any atom is -0.465 e. The highest BCUT2D eigenvalue weighted by Crippen LogP contribution is 2.18. The molecule has 0 aliphatic carbocycles. The van der Waals surface area contributed by atoms with E-state index in [1.807, 2.05) is 0 Å². The third kappa shape index (κ3) is 2.16. The van der Waals surface area contributed by atoms with Crippen LogP contribution in [0.1, 0.15) is 19.3 Å². The SMILES string of the molecule is CN(C)C(=O)C1CCCCN1C(=O)O. The van der Waals surface area contributed by atoms with Crippen LogP contribution < -0.4 is 0 Å². The first-order valence-corrected chi connectivity index (χ1v) is 4.74. The Hall–Kier alpha value is -1.26. The lowest BCUT2D eigenvalue weighted by atomic mass is 10.0. The van der Waals surface area contributed by atoms with Crippen LogP contribution in [0.5, 0.6) is 0 Å². The molecule has 0 bridgehead atoms. The molecule has 1 N–H and O–H groups in total. The number of carbonyl (C=O) groups excluding carboxylic acids is 1.